The van der Waals surface area contributed by atoms with Crippen molar-refractivity contribution in [3.8, 4) is 5.75 Å². The number of aromatic hydroxyl groups is 1. The highest BCUT2D eigenvalue weighted by Crippen LogP contribution is 2.32. The van der Waals surface area contributed by atoms with Crippen molar-refractivity contribution in [1.82, 2.24) is 0 Å². The summed E-state index contributed by atoms with van der Waals surface area (Å²) in [6.07, 6.45) is 0. The lowest BCUT2D eigenvalue weighted by Gasteiger charge is -2.00. The Hall–Kier alpha value is -1.62. The van der Waals surface area contributed by atoms with Crippen molar-refractivity contribution in [2.75, 3.05) is 0 Å². The summed E-state index contributed by atoms with van der Waals surface area (Å²) in [5, 5.41) is 19.8. The average molecular weight is 212 g/mol. The molecule has 0 saturated heterocycles. The van der Waals surface area contributed by atoms with Gasteiger partial charge in [0, 0.05) is 5.39 Å². The van der Waals surface area contributed by atoms with Gasteiger partial charge in [-0.3, -0.25) is 0 Å². The van der Waals surface area contributed by atoms with Crippen LogP contribution in [0, 0.1) is 5.82 Å². The van der Waals surface area contributed by atoms with Gasteiger partial charge in [0.25, 0.3) is 0 Å². The molecule has 0 spiro atoms. The van der Waals surface area contributed by atoms with E-state index in [0.717, 1.165) is 17.4 Å². The van der Waals surface area contributed by atoms with Crippen molar-refractivity contribution in [3.05, 3.63) is 28.9 Å². The first-order chi connectivity index (χ1) is 6.61. The summed E-state index contributed by atoms with van der Waals surface area (Å²) < 4.78 is 13.4. The molecule has 2 rings (SSSR count). The SMILES string of the molecule is O=C(O)c1cc(O)c(F)c2sccc12. The number of aromatic carboxylic acids is 1. The van der Waals surface area contributed by atoms with Gasteiger partial charge in [0.1, 0.15) is 0 Å². The van der Waals surface area contributed by atoms with Crippen LogP contribution in [-0.4, -0.2) is 16.2 Å². The third-order valence-electron chi connectivity index (χ3n) is 1.89. The van der Waals surface area contributed by atoms with E-state index in [1.807, 2.05) is 0 Å². The van der Waals surface area contributed by atoms with Crippen LogP contribution < -0.4 is 0 Å². The first-order valence-corrected chi connectivity index (χ1v) is 4.61. The number of carboxylic acid groups (broad SMARTS) is 1. The second-order valence-corrected chi connectivity index (χ2v) is 3.64. The Morgan fingerprint density at radius 3 is 2.86 bits per heavy atom. The second-order valence-electron chi connectivity index (χ2n) is 2.73. The van der Waals surface area contributed by atoms with E-state index >= 15 is 0 Å². The zero-order chi connectivity index (χ0) is 10.3. The molecular weight excluding hydrogens is 207 g/mol. The number of phenolic OH excluding ortho intramolecular Hbond substituents is 1. The molecule has 1 aromatic carbocycles. The standard InChI is InChI=1S/C9H5FO3S/c10-7-6(11)3-5(9(12)13)4-1-2-14-8(4)7/h1-3,11H,(H,12,13). The van der Waals surface area contributed by atoms with E-state index in [4.69, 9.17) is 10.2 Å². The predicted octanol–water partition coefficient (Wildman–Crippen LogP) is 2.44. The molecule has 0 aliphatic carbocycles. The number of hydrogen-bond acceptors (Lipinski definition) is 3. The van der Waals surface area contributed by atoms with Crippen LogP contribution in [0.1, 0.15) is 10.4 Å². The van der Waals surface area contributed by atoms with Crippen molar-refractivity contribution in [2.24, 2.45) is 0 Å². The topological polar surface area (TPSA) is 57.5 Å². The third kappa shape index (κ3) is 1.13. The van der Waals surface area contributed by atoms with Crippen molar-refractivity contribution in [3.63, 3.8) is 0 Å². The number of carboxylic acids is 1. The van der Waals surface area contributed by atoms with Crippen molar-refractivity contribution in [1.29, 1.82) is 0 Å². The minimum atomic E-state index is -1.18. The molecule has 0 saturated carbocycles. The van der Waals surface area contributed by atoms with Crippen LogP contribution in [0.3, 0.4) is 0 Å². The molecule has 5 heteroatoms. The first-order valence-electron chi connectivity index (χ1n) is 3.73. The molecule has 0 bridgehead atoms. The second kappa shape index (κ2) is 2.95. The summed E-state index contributed by atoms with van der Waals surface area (Å²) >= 11 is 1.06. The monoisotopic (exact) mass is 212 g/mol. The largest absolute Gasteiger partial charge is 0.505 e. The fourth-order valence-electron chi connectivity index (χ4n) is 1.26. The number of thiophene rings is 1. The fraction of sp³-hybridized carbons (Fsp3) is 0. The van der Waals surface area contributed by atoms with Crippen LogP contribution in [0.25, 0.3) is 10.1 Å². The molecule has 0 unspecified atom stereocenters. The van der Waals surface area contributed by atoms with Gasteiger partial charge in [0.15, 0.2) is 11.6 Å². The van der Waals surface area contributed by atoms with Gasteiger partial charge in [0.2, 0.25) is 0 Å². The van der Waals surface area contributed by atoms with Crippen LogP contribution in [0.4, 0.5) is 4.39 Å². The van der Waals surface area contributed by atoms with Crippen molar-refractivity contribution in [2.45, 2.75) is 0 Å². The molecule has 0 amide bonds. The number of halogens is 1. The van der Waals surface area contributed by atoms with E-state index in [2.05, 4.69) is 0 Å². The summed E-state index contributed by atoms with van der Waals surface area (Å²) in [4.78, 5) is 10.7. The van der Waals surface area contributed by atoms with Gasteiger partial charge >= 0.3 is 5.97 Å². The summed E-state index contributed by atoms with van der Waals surface area (Å²) in [7, 11) is 0. The maximum Gasteiger partial charge on any atom is 0.336 e. The van der Waals surface area contributed by atoms with Gasteiger partial charge in [-0.15, -0.1) is 11.3 Å². The van der Waals surface area contributed by atoms with E-state index in [1.165, 1.54) is 6.07 Å². The molecule has 0 atom stereocenters. The number of rotatable bonds is 1. The van der Waals surface area contributed by atoms with E-state index in [0.29, 0.717) is 5.39 Å². The molecule has 3 nitrogen and oxygen atoms in total. The Morgan fingerprint density at radius 1 is 1.50 bits per heavy atom. The summed E-state index contributed by atoms with van der Waals surface area (Å²) in [6.45, 7) is 0. The lowest BCUT2D eigenvalue weighted by molar-refractivity contribution is 0.0698. The maximum atomic E-state index is 13.2. The molecular formula is C9H5FO3S. The normalized spacial score (nSPS) is 10.6. The highest BCUT2D eigenvalue weighted by Gasteiger charge is 2.16. The maximum absolute atomic E-state index is 13.2. The summed E-state index contributed by atoms with van der Waals surface area (Å²) in [5.41, 5.74) is -0.0832. The zero-order valence-electron chi connectivity index (χ0n) is 6.82. The Balaban J connectivity index is 2.91. The molecule has 0 radical (unpaired) electrons. The molecule has 2 aromatic rings. The van der Waals surface area contributed by atoms with E-state index in [9.17, 15) is 9.18 Å². The molecule has 0 aliphatic heterocycles. The number of phenols is 1. The van der Waals surface area contributed by atoms with Gasteiger partial charge in [-0.25, -0.2) is 9.18 Å². The van der Waals surface area contributed by atoms with Crippen molar-refractivity contribution >= 4 is 27.4 Å². The molecule has 2 N–H and O–H groups in total. The smallest absolute Gasteiger partial charge is 0.336 e. The van der Waals surface area contributed by atoms with E-state index in [1.54, 1.807) is 5.38 Å². The average Bonchev–Trinajstić information content (AvgIpc) is 2.59. The van der Waals surface area contributed by atoms with Crippen LogP contribution in [0.15, 0.2) is 17.5 Å². The van der Waals surface area contributed by atoms with Gasteiger partial charge in [-0.05, 0) is 17.5 Å². The molecule has 1 aromatic heterocycles. The van der Waals surface area contributed by atoms with Gasteiger partial charge in [0.05, 0.1) is 10.3 Å². The van der Waals surface area contributed by atoms with Crippen LogP contribution in [0.2, 0.25) is 0 Å². The third-order valence-corrected chi connectivity index (χ3v) is 2.80. The quantitative estimate of drug-likeness (QED) is 0.763. The first kappa shape index (κ1) is 8.96. The highest BCUT2D eigenvalue weighted by atomic mass is 32.1. The van der Waals surface area contributed by atoms with Gasteiger partial charge in [-0.1, -0.05) is 0 Å². The Bertz CT molecular complexity index is 518. The summed E-state index contributed by atoms with van der Waals surface area (Å²) in [6, 6.07) is 2.44. The number of hydrogen-bond donors (Lipinski definition) is 2. The predicted molar refractivity (Wildman–Crippen MR) is 50.4 cm³/mol. The minimum absolute atomic E-state index is 0.0832. The lowest BCUT2D eigenvalue weighted by atomic mass is 10.1. The summed E-state index contributed by atoms with van der Waals surface area (Å²) in [5.74, 6) is -2.57. The molecule has 14 heavy (non-hydrogen) atoms. The van der Waals surface area contributed by atoms with Gasteiger partial charge < -0.3 is 10.2 Å². The molecule has 0 aliphatic rings. The minimum Gasteiger partial charge on any atom is -0.505 e. The van der Waals surface area contributed by atoms with Gasteiger partial charge in [-0.2, -0.15) is 0 Å². The fourth-order valence-corrected chi connectivity index (χ4v) is 2.12. The number of carbonyl (C=O) groups is 1. The molecule has 1 heterocycles. The lowest BCUT2D eigenvalue weighted by Crippen LogP contribution is -1.97. The van der Waals surface area contributed by atoms with Crippen molar-refractivity contribution < 1.29 is 19.4 Å². The Morgan fingerprint density at radius 2 is 2.21 bits per heavy atom. The van der Waals surface area contributed by atoms with E-state index < -0.39 is 17.5 Å². The Labute approximate surface area is 82.0 Å². The van der Waals surface area contributed by atoms with Crippen LogP contribution in [0.5, 0.6) is 5.75 Å². The molecule has 72 valence electrons. The Kier molecular flexibility index (Phi) is 1.89. The number of benzene rings is 1. The molecule has 0 fully saturated rings. The van der Waals surface area contributed by atoms with Crippen LogP contribution in [-0.2, 0) is 0 Å². The van der Waals surface area contributed by atoms with Crippen LogP contribution >= 0.6 is 11.3 Å². The van der Waals surface area contributed by atoms with E-state index in [-0.39, 0.29) is 10.3 Å². The highest BCUT2D eigenvalue weighted by molar-refractivity contribution is 7.17. The number of fused-ring (bicyclic) bond motifs is 1. The zero-order valence-corrected chi connectivity index (χ0v) is 7.64.